The molecule has 0 N–H and O–H groups in total. The van der Waals surface area contributed by atoms with Gasteiger partial charge < -0.3 is 4.74 Å². The van der Waals surface area contributed by atoms with Crippen molar-refractivity contribution in [2.75, 3.05) is 11.9 Å². The molecule has 1 aromatic carbocycles. The van der Waals surface area contributed by atoms with E-state index in [1.54, 1.807) is 19.2 Å². The van der Waals surface area contributed by atoms with Gasteiger partial charge in [-0.25, -0.2) is 4.79 Å². The van der Waals surface area contributed by atoms with Crippen LogP contribution in [0.4, 0.5) is 16.2 Å². The van der Waals surface area contributed by atoms with Crippen molar-refractivity contribution in [3.63, 3.8) is 0 Å². The van der Waals surface area contributed by atoms with E-state index in [1.807, 2.05) is 0 Å². The highest BCUT2D eigenvalue weighted by molar-refractivity contribution is 5.91. The number of amides is 1. The molecule has 2 aliphatic rings. The first kappa shape index (κ1) is 12.0. The maximum absolute atomic E-state index is 11.9. The molecule has 1 amide bonds. The van der Waals surface area contributed by atoms with Crippen molar-refractivity contribution in [1.82, 2.24) is 0 Å². The van der Waals surface area contributed by atoms with Crippen LogP contribution in [0.2, 0.25) is 0 Å². The van der Waals surface area contributed by atoms with Gasteiger partial charge in [-0.15, -0.1) is 0 Å². The normalized spacial score (nSPS) is 20.3. The number of anilines is 1. The molecule has 1 saturated carbocycles. The summed E-state index contributed by atoms with van der Waals surface area (Å²) >= 11 is 0. The maximum atomic E-state index is 11.9. The number of rotatable bonds is 1. The van der Waals surface area contributed by atoms with Gasteiger partial charge >= 0.3 is 6.09 Å². The van der Waals surface area contributed by atoms with E-state index < -0.39 is 10.5 Å². The lowest BCUT2D eigenvalue weighted by Crippen LogP contribution is -2.43. The Bertz CT molecular complexity index is 564. The van der Waals surface area contributed by atoms with Crippen molar-refractivity contribution in [3.05, 3.63) is 33.9 Å². The van der Waals surface area contributed by atoms with Crippen LogP contribution >= 0.6 is 0 Å². The standard InChI is InChI=1S/C13H14N2O4/c1-14-11-5-4-9(15(17)18)8-10(11)13(19-12(14)16)6-2-3-7-13/h4-5,8H,2-3,6-7H2,1H3. The lowest BCUT2D eigenvalue weighted by atomic mass is 9.88. The lowest BCUT2D eigenvalue weighted by Gasteiger charge is -2.38. The van der Waals surface area contributed by atoms with E-state index in [2.05, 4.69) is 0 Å². The third-order valence-corrected chi connectivity index (χ3v) is 4.01. The quantitative estimate of drug-likeness (QED) is 0.576. The summed E-state index contributed by atoms with van der Waals surface area (Å²) < 4.78 is 5.57. The zero-order valence-corrected chi connectivity index (χ0v) is 10.6. The van der Waals surface area contributed by atoms with Gasteiger partial charge in [-0.1, -0.05) is 0 Å². The number of non-ortho nitro benzene ring substituents is 1. The zero-order chi connectivity index (χ0) is 13.6. The molecule has 6 nitrogen and oxygen atoms in total. The Kier molecular flexibility index (Phi) is 2.48. The fourth-order valence-corrected chi connectivity index (χ4v) is 3.00. The first-order chi connectivity index (χ1) is 9.03. The summed E-state index contributed by atoms with van der Waals surface area (Å²) in [5.74, 6) is 0. The van der Waals surface area contributed by atoms with E-state index in [1.165, 1.54) is 11.0 Å². The highest BCUT2D eigenvalue weighted by Gasteiger charge is 2.46. The van der Waals surface area contributed by atoms with Gasteiger partial charge in [0.25, 0.3) is 5.69 Å². The summed E-state index contributed by atoms with van der Waals surface area (Å²) in [4.78, 5) is 23.8. The van der Waals surface area contributed by atoms with Crippen molar-refractivity contribution < 1.29 is 14.5 Å². The third-order valence-electron chi connectivity index (χ3n) is 4.01. The van der Waals surface area contributed by atoms with Gasteiger partial charge in [0.15, 0.2) is 0 Å². The lowest BCUT2D eigenvalue weighted by molar-refractivity contribution is -0.385. The van der Waals surface area contributed by atoms with Crippen molar-refractivity contribution in [3.8, 4) is 0 Å². The SMILES string of the molecule is CN1C(=O)OC2(CCCC2)c2cc([N+](=O)[O-])ccc21. The fraction of sp³-hybridized carbons (Fsp3) is 0.462. The van der Waals surface area contributed by atoms with Crippen LogP contribution in [0.1, 0.15) is 31.2 Å². The van der Waals surface area contributed by atoms with E-state index in [0.29, 0.717) is 5.69 Å². The molecule has 3 rings (SSSR count). The highest BCUT2D eigenvalue weighted by atomic mass is 16.6. The molecule has 0 unspecified atom stereocenters. The first-order valence-corrected chi connectivity index (χ1v) is 6.29. The summed E-state index contributed by atoms with van der Waals surface area (Å²) in [6.07, 6.45) is 3.03. The minimum atomic E-state index is -0.662. The first-order valence-electron chi connectivity index (χ1n) is 6.29. The second kappa shape index (κ2) is 3.94. The smallest absolute Gasteiger partial charge is 0.414 e. The average molecular weight is 262 g/mol. The molecule has 100 valence electrons. The fourth-order valence-electron chi connectivity index (χ4n) is 3.00. The Morgan fingerprint density at radius 2 is 2.05 bits per heavy atom. The van der Waals surface area contributed by atoms with Gasteiger partial charge in [-0.3, -0.25) is 15.0 Å². The summed E-state index contributed by atoms with van der Waals surface area (Å²) in [6, 6.07) is 4.61. The summed E-state index contributed by atoms with van der Waals surface area (Å²) in [5, 5.41) is 10.9. The maximum Gasteiger partial charge on any atom is 0.414 e. The Labute approximate surface area is 110 Å². The van der Waals surface area contributed by atoms with E-state index in [4.69, 9.17) is 4.74 Å². The van der Waals surface area contributed by atoms with Crippen molar-refractivity contribution in [2.45, 2.75) is 31.3 Å². The number of nitrogens with zero attached hydrogens (tertiary/aromatic N) is 2. The average Bonchev–Trinajstić information content (AvgIpc) is 2.85. The van der Waals surface area contributed by atoms with Crippen LogP contribution in [0.15, 0.2) is 18.2 Å². The van der Waals surface area contributed by atoms with E-state index in [-0.39, 0.29) is 11.8 Å². The zero-order valence-electron chi connectivity index (χ0n) is 10.6. The minimum Gasteiger partial charge on any atom is -0.438 e. The van der Waals surface area contributed by atoms with Crippen molar-refractivity contribution in [2.24, 2.45) is 0 Å². The van der Waals surface area contributed by atoms with E-state index in [9.17, 15) is 14.9 Å². The molecule has 19 heavy (non-hydrogen) atoms. The molecular formula is C13H14N2O4. The van der Waals surface area contributed by atoms with Crippen LogP contribution in [0.5, 0.6) is 0 Å². The Hall–Kier alpha value is -2.11. The molecule has 0 bridgehead atoms. The number of carbonyl (C=O) groups excluding carboxylic acids is 1. The predicted molar refractivity (Wildman–Crippen MR) is 68.1 cm³/mol. The minimum absolute atomic E-state index is 0.0383. The van der Waals surface area contributed by atoms with Gasteiger partial charge in [0, 0.05) is 24.7 Å². The van der Waals surface area contributed by atoms with Gasteiger partial charge in [0.1, 0.15) is 5.60 Å². The van der Waals surface area contributed by atoms with E-state index >= 15 is 0 Å². The van der Waals surface area contributed by atoms with Crippen LogP contribution in [-0.2, 0) is 10.3 Å². The van der Waals surface area contributed by atoms with Gasteiger partial charge in [0.2, 0.25) is 0 Å². The molecule has 0 saturated heterocycles. The molecule has 1 aromatic rings. The Balaban J connectivity index is 2.19. The topological polar surface area (TPSA) is 72.7 Å². The molecule has 1 fully saturated rings. The van der Waals surface area contributed by atoms with Crippen LogP contribution < -0.4 is 4.90 Å². The number of carbonyl (C=O) groups is 1. The molecule has 0 radical (unpaired) electrons. The monoisotopic (exact) mass is 262 g/mol. The number of hydrogen-bond acceptors (Lipinski definition) is 4. The Morgan fingerprint density at radius 3 is 2.68 bits per heavy atom. The molecule has 0 aromatic heterocycles. The molecule has 1 aliphatic carbocycles. The number of benzene rings is 1. The van der Waals surface area contributed by atoms with Gasteiger partial charge in [0.05, 0.1) is 10.6 Å². The van der Waals surface area contributed by atoms with Crippen molar-refractivity contribution in [1.29, 1.82) is 0 Å². The molecule has 0 atom stereocenters. The van der Waals surface area contributed by atoms with Crippen molar-refractivity contribution >= 4 is 17.5 Å². The number of nitro benzene ring substituents is 1. The van der Waals surface area contributed by atoms with Gasteiger partial charge in [-0.05, 0) is 31.7 Å². The van der Waals surface area contributed by atoms with E-state index in [0.717, 1.165) is 31.2 Å². The molecular weight excluding hydrogens is 248 g/mol. The number of hydrogen-bond donors (Lipinski definition) is 0. The molecule has 1 spiro atoms. The van der Waals surface area contributed by atoms with Crippen LogP contribution in [0, 0.1) is 10.1 Å². The Morgan fingerprint density at radius 1 is 1.37 bits per heavy atom. The molecule has 6 heteroatoms. The number of nitro groups is 1. The summed E-state index contributed by atoms with van der Waals surface area (Å²) in [6.45, 7) is 0. The number of fused-ring (bicyclic) bond motifs is 2. The summed E-state index contributed by atoms with van der Waals surface area (Å²) in [7, 11) is 1.62. The number of ether oxygens (including phenoxy) is 1. The van der Waals surface area contributed by atoms with Crippen LogP contribution in [-0.4, -0.2) is 18.1 Å². The third kappa shape index (κ3) is 1.67. The molecule has 1 heterocycles. The second-order valence-corrected chi connectivity index (χ2v) is 5.09. The predicted octanol–water partition coefficient (Wildman–Crippen LogP) is 2.95. The van der Waals surface area contributed by atoms with Gasteiger partial charge in [-0.2, -0.15) is 0 Å². The van der Waals surface area contributed by atoms with Crippen LogP contribution in [0.3, 0.4) is 0 Å². The largest absolute Gasteiger partial charge is 0.438 e. The van der Waals surface area contributed by atoms with Crippen LogP contribution in [0.25, 0.3) is 0 Å². The summed E-state index contributed by atoms with van der Waals surface area (Å²) in [5.41, 5.74) is 0.853. The second-order valence-electron chi connectivity index (χ2n) is 5.09. The highest BCUT2D eigenvalue weighted by Crippen LogP contribution is 2.49. The molecule has 1 aliphatic heterocycles.